The molecule has 0 spiro atoms. The second-order valence-electron chi connectivity index (χ2n) is 4.46. The molecule has 1 aliphatic carbocycles. The summed E-state index contributed by atoms with van der Waals surface area (Å²) in [5.74, 6) is 0. The van der Waals surface area contributed by atoms with E-state index in [4.69, 9.17) is 5.73 Å². The van der Waals surface area contributed by atoms with E-state index in [9.17, 15) is 0 Å². The first kappa shape index (κ1) is 10.3. The number of fused-ring (bicyclic) bond motifs is 1. The lowest BCUT2D eigenvalue weighted by Gasteiger charge is -2.08. The molecule has 1 aliphatic rings. The molecule has 0 amide bonds. The number of rotatable bonds is 2. The van der Waals surface area contributed by atoms with Crippen LogP contribution < -0.4 is 5.73 Å². The summed E-state index contributed by atoms with van der Waals surface area (Å²) < 4.78 is 3.02. The molecular weight excluding hydrogens is 266 g/mol. The highest BCUT2D eigenvalue weighted by Gasteiger charge is 2.41. The van der Waals surface area contributed by atoms with Crippen LogP contribution >= 0.6 is 15.9 Å². The van der Waals surface area contributed by atoms with Crippen LogP contribution in [-0.4, -0.2) is 9.78 Å². The van der Waals surface area contributed by atoms with E-state index in [1.165, 1.54) is 5.56 Å². The van der Waals surface area contributed by atoms with Gasteiger partial charge in [0.15, 0.2) is 0 Å². The number of aromatic nitrogens is 2. The van der Waals surface area contributed by atoms with Crippen molar-refractivity contribution in [1.29, 1.82) is 0 Å². The fourth-order valence-electron chi connectivity index (χ4n) is 2.14. The number of hydrogen-bond acceptors (Lipinski definition) is 2. The van der Waals surface area contributed by atoms with Crippen LogP contribution in [0.15, 0.2) is 22.8 Å². The van der Waals surface area contributed by atoms with Crippen molar-refractivity contribution >= 4 is 26.8 Å². The fourth-order valence-corrected chi connectivity index (χ4v) is 2.79. The number of nitrogens with two attached hydrogens (primary N) is 1. The average Bonchev–Trinajstić information content (AvgIpc) is 2.95. The third-order valence-electron chi connectivity index (χ3n) is 3.33. The predicted octanol–water partition coefficient (Wildman–Crippen LogP) is 2.77. The van der Waals surface area contributed by atoms with Gasteiger partial charge in [0.1, 0.15) is 4.60 Å². The lowest BCUT2D eigenvalue weighted by molar-refractivity contribution is 0.650. The molecule has 4 heteroatoms. The van der Waals surface area contributed by atoms with Crippen LogP contribution in [0.5, 0.6) is 0 Å². The molecule has 1 aromatic heterocycles. The monoisotopic (exact) mass is 279 g/mol. The second-order valence-corrected chi connectivity index (χ2v) is 5.22. The van der Waals surface area contributed by atoms with Crippen molar-refractivity contribution in [1.82, 2.24) is 9.78 Å². The Hall–Kier alpha value is -0.870. The van der Waals surface area contributed by atoms with E-state index in [1.54, 1.807) is 0 Å². The highest BCUT2D eigenvalue weighted by molar-refractivity contribution is 9.10. The number of benzene rings is 1. The largest absolute Gasteiger partial charge is 0.321 e. The van der Waals surface area contributed by atoms with Gasteiger partial charge in [-0.25, -0.2) is 0 Å². The van der Waals surface area contributed by atoms with Crippen LogP contribution in [0.2, 0.25) is 0 Å². The summed E-state index contributed by atoms with van der Waals surface area (Å²) in [6, 6.07) is 6.26. The zero-order chi connectivity index (χ0) is 11.3. The summed E-state index contributed by atoms with van der Waals surface area (Å²) in [6.45, 7) is 2.96. The number of aryl methyl sites for hydroxylation is 1. The predicted molar refractivity (Wildman–Crippen MR) is 68.2 cm³/mol. The summed E-state index contributed by atoms with van der Waals surface area (Å²) in [5, 5.41) is 5.79. The summed E-state index contributed by atoms with van der Waals surface area (Å²) in [4.78, 5) is 0. The molecule has 1 saturated carbocycles. The van der Waals surface area contributed by atoms with Gasteiger partial charge in [-0.2, -0.15) is 5.10 Å². The Morgan fingerprint density at radius 1 is 1.50 bits per heavy atom. The maximum Gasteiger partial charge on any atom is 0.111 e. The van der Waals surface area contributed by atoms with Crippen LogP contribution in [0, 0.1) is 0 Å². The first-order chi connectivity index (χ1) is 7.65. The van der Waals surface area contributed by atoms with Crippen LogP contribution in [-0.2, 0) is 12.1 Å². The number of nitrogens with zero attached hydrogens (tertiary/aromatic N) is 2. The highest BCUT2D eigenvalue weighted by atomic mass is 79.9. The summed E-state index contributed by atoms with van der Waals surface area (Å²) in [7, 11) is 0. The normalized spacial score (nSPS) is 17.9. The van der Waals surface area contributed by atoms with E-state index in [0.29, 0.717) is 0 Å². The van der Waals surface area contributed by atoms with Crippen LogP contribution in [0.4, 0.5) is 0 Å². The molecule has 2 N–H and O–H groups in total. The Bertz CT molecular complexity index is 555. The molecule has 84 valence electrons. The van der Waals surface area contributed by atoms with Gasteiger partial charge in [0.25, 0.3) is 0 Å². The molecule has 1 fully saturated rings. The zero-order valence-electron chi connectivity index (χ0n) is 9.20. The number of hydrogen-bond donors (Lipinski definition) is 1. The first-order valence-electron chi connectivity index (χ1n) is 5.60. The molecule has 0 unspecified atom stereocenters. The Balaban J connectivity index is 2.31. The van der Waals surface area contributed by atoms with Gasteiger partial charge in [-0.15, -0.1) is 0 Å². The molecule has 16 heavy (non-hydrogen) atoms. The smallest absolute Gasteiger partial charge is 0.111 e. The van der Waals surface area contributed by atoms with E-state index in [1.807, 2.05) is 4.68 Å². The third-order valence-corrected chi connectivity index (χ3v) is 4.17. The minimum absolute atomic E-state index is 0.119. The van der Waals surface area contributed by atoms with Gasteiger partial charge >= 0.3 is 0 Å². The second kappa shape index (κ2) is 3.31. The molecule has 0 bridgehead atoms. The summed E-state index contributed by atoms with van der Waals surface area (Å²) in [6.07, 6.45) is 2.14. The Kier molecular flexibility index (Phi) is 2.13. The summed E-state index contributed by atoms with van der Waals surface area (Å²) in [5.41, 5.74) is 8.40. The Labute approximate surface area is 103 Å². The van der Waals surface area contributed by atoms with Gasteiger partial charge in [0, 0.05) is 23.0 Å². The molecule has 0 saturated heterocycles. The molecule has 0 atom stereocenters. The van der Waals surface area contributed by atoms with Crippen LogP contribution in [0.25, 0.3) is 10.9 Å². The third kappa shape index (κ3) is 1.33. The van der Waals surface area contributed by atoms with Gasteiger partial charge < -0.3 is 5.73 Å². The van der Waals surface area contributed by atoms with Crippen molar-refractivity contribution in [3.05, 3.63) is 28.4 Å². The molecule has 3 rings (SSSR count). The minimum atomic E-state index is -0.119. The standard InChI is InChI=1S/C12H14BrN3/c1-2-16-11(13)8-4-3-5-9(10(8)15-16)12(14)6-7-12/h3-5H,2,6-7,14H2,1H3. The van der Waals surface area contributed by atoms with Gasteiger partial charge in [0.05, 0.1) is 5.52 Å². The van der Waals surface area contributed by atoms with Crippen molar-refractivity contribution < 1.29 is 0 Å². The van der Waals surface area contributed by atoms with Crippen molar-refractivity contribution in [2.24, 2.45) is 5.73 Å². The molecule has 0 aliphatic heterocycles. The number of halogens is 1. The molecule has 0 radical (unpaired) electrons. The van der Waals surface area contributed by atoms with Crippen LogP contribution in [0.1, 0.15) is 25.3 Å². The van der Waals surface area contributed by atoms with E-state index in [2.05, 4.69) is 46.2 Å². The Morgan fingerprint density at radius 3 is 2.88 bits per heavy atom. The van der Waals surface area contributed by atoms with E-state index in [-0.39, 0.29) is 5.54 Å². The quantitative estimate of drug-likeness (QED) is 0.919. The van der Waals surface area contributed by atoms with Gasteiger partial charge in [-0.1, -0.05) is 18.2 Å². The molecule has 2 aromatic rings. The minimum Gasteiger partial charge on any atom is -0.321 e. The SMILES string of the molecule is CCn1nc2c(C3(N)CC3)cccc2c1Br. The topological polar surface area (TPSA) is 43.8 Å². The van der Waals surface area contributed by atoms with Gasteiger partial charge in [-0.05, 0) is 35.7 Å². The fraction of sp³-hybridized carbons (Fsp3) is 0.417. The molecular formula is C12H14BrN3. The van der Waals surface area contributed by atoms with Gasteiger partial charge in [-0.3, -0.25) is 4.68 Å². The lowest BCUT2D eigenvalue weighted by atomic mass is 10.0. The molecule has 1 aromatic carbocycles. The van der Waals surface area contributed by atoms with Crippen molar-refractivity contribution in [3.8, 4) is 0 Å². The maximum atomic E-state index is 6.27. The van der Waals surface area contributed by atoms with E-state index < -0.39 is 0 Å². The highest BCUT2D eigenvalue weighted by Crippen LogP contribution is 2.45. The lowest BCUT2D eigenvalue weighted by Crippen LogP contribution is -2.19. The van der Waals surface area contributed by atoms with Crippen molar-refractivity contribution in [2.45, 2.75) is 31.8 Å². The van der Waals surface area contributed by atoms with Crippen LogP contribution in [0.3, 0.4) is 0 Å². The Morgan fingerprint density at radius 2 is 2.25 bits per heavy atom. The van der Waals surface area contributed by atoms with Gasteiger partial charge in [0.2, 0.25) is 0 Å². The first-order valence-corrected chi connectivity index (χ1v) is 6.39. The molecule has 3 nitrogen and oxygen atoms in total. The zero-order valence-corrected chi connectivity index (χ0v) is 10.8. The van der Waals surface area contributed by atoms with Crippen molar-refractivity contribution in [2.75, 3.05) is 0 Å². The average molecular weight is 280 g/mol. The molecule has 1 heterocycles. The van der Waals surface area contributed by atoms with E-state index >= 15 is 0 Å². The summed E-state index contributed by atoms with van der Waals surface area (Å²) >= 11 is 3.59. The van der Waals surface area contributed by atoms with Crippen molar-refractivity contribution in [3.63, 3.8) is 0 Å². The van der Waals surface area contributed by atoms with E-state index in [0.717, 1.165) is 34.9 Å². The maximum absolute atomic E-state index is 6.27.